The number of benzene rings is 2. The van der Waals surface area contributed by atoms with Gasteiger partial charge in [-0.25, -0.2) is 0 Å². The summed E-state index contributed by atoms with van der Waals surface area (Å²) in [6.45, 7) is 5.12. The highest BCUT2D eigenvalue weighted by Crippen LogP contribution is 2.18. The third-order valence-electron chi connectivity index (χ3n) is 3.31. The van der Waals surface area contributed by atoms with Crippen LogP contribution >= 0.6 is 0 Å². The lowest BCUT2D eigenvalue weighted by Gasteiger charge is -2.28. The minimum absolute atomic E-state index is 0.868. The van der Waals surface area contributed by atoms with E-state index in [1.54, 1.807) is 0 Å². The molecule has 0 atom stereocenters. The van der Waals surface area contributed by atoms with E-state index in [0.29, 0.717) is 0 Å². The number of anilines is 2. The van der Waals surface area contributed by atoms with Crippen molar-refractivity contribution >= 4 is 11.4 Å². The average Bonchev–Trinajstić information content (AvgIpc) is 2.38. The van der Waals surface area contributed by atoms with Crippen molar-refractivity contribution in [1.82, 2.24) is 0 Å². The van der Waals surface area contributed by atoms with E-state index in [1.165, 1.54) is 22.5 Å². The van der Waals surface area contributed by atoms with Gasteiger partial charge >= 0.3 is 0 Å². The molecule has 0 radical (unpaired) electrons. The van der Waals surface area contributed by atoms with E-state index in [0.717, 1.165) is 6.67 Å². The summed E-state index contributed by atoms with van der Waals surface area (Å²) in [4.78, 5) is 4.52. The van der Waals surface area contributed by atoms with Crippen molar-refractivity contribution in [2.45, 2.75) is 13.8 Å². The molecular weight excluding hydrogens is 232 g/mol. The Kier molecular flexibility index (Phi) is 4.10. The van der Waals surface area contributed by atoms with Crippen molar-refractivity contribution in [3.63, 3.8) is 0 Å². The second-order valence-corrected chi connectivity index (χ2v) is 5.22. The first-order chi connectivity index (χ1) is 9.06. The zero-order chi connectivity index (χ0) is 13.8. The third-order valence-corrected chi connectivity index (χ3v) is 3.31. The number of hydrogen-bond donors (Lipinski definition) is 0. The Balaban J connectivity index is 2.08. The molecule has 0 saturated carbocycles. The minimum atomic E-state index is 0.868. The van der Waals surface area contributed by atoms with Crippen LogP contribution in [0.15, 0.2) is 48.5 Å². The lowest BCUT2D eigenvalue weighted by Crippen LogP contribution is -2.32. The highest BCUT2D eigenvalue weighted by molar-refractivity contribution is 5.52. The van der Waals surface area contributed by atoms with Crippen molar-refractivity contribution in [2.24, 2.45) is 0 Å². The maximum Gasteiger partial charge on any atom is 0.0896 e. The fraction of sp³-hybridized carbons (Fsp3) is 0.294. The summed E-state index contributed by atoms with van der Waals surface area (Å²) in [6, 6.07) is 17.2. The Morgan fingerprint density at radius 3 is 1.53 bits per heavy atom. The zero-order valence-electron chi connectivity index (χ0n) is 12.2. The van der Waals surface area contributed by atoms with Gasteiger partial charge in [-0.2, -0.15) is 0 Å². The van der Waals surface area contributed by atoms with Gasteiger partial charge < -0.3 is 9.80 Å². The molecule has 0 saturated heterocycles. The molecule has 100 valence electrons. The van der Waals surface area contributed by atoms with Gasteiger partial charge in [-0.05, 0) is 49.2 Å². The molecular formula is C17H22N2. The zero-order valence-corrected chi connectivity index (χ0v) is 12.2. The summed E-state index contributed by atoms with van der Waals surface area (Å²) in [6.07, 6.45) is 0. The Labute approximate surface area is 116 Å². The van der Waals surface area contributed by atoms with Gasteiger partial charge in [-0.15, -0.1) is 0 Å². The second-order valence-electron chi connectivity index (χ2n) is 5.22. The average molecular weight is 254 g/mol. The molecule has 0 aliphatic rings. The van der Waals surface area contributed by atoms with Crippen molar-refractivity contribution in [1.29, 1.82) is 0 Å². The predicted octanol–water partition coefficient (Wildman–Crippen LogP) is 3.83. The summed E-state index contributed by atoms with van der Waals surface area (Å²) < 4.78 is 0. The highest BCUT2D eigenvalue weighted by atomic mass is 15.3. The Morgan fingerprint density at radius 2 is 1.16 bits per heavy atom. The van der Waals surface area contributed by atoms with Crippen LogP contribution in [-0.2, 0) is 0 Å². The summed E-state index contributed by atoms with van der Waals surface area (Å²) in [5.74, 6) is 0. The van der Waals surface area contributed by atoms with Gasteiger partial charge in [0.05, 0.1) is 6.67 Å². The van der Waals surface area contributed by atoms with Crippen LogP contribution in [-0.4, -0.2) is 20.8 Å². The van der Waals surface area contributed by atoms with E-state index in [2.05, 4.69) is 86.3 Å². The number of hydrogen-bond acceptors (Lipinski definition) is 2. The van der Waals surface area contributed by atoms with Crippen LogP contribution in [0.2, 0.25) is 0 Å². The first-order valence-corrected chi connectivity index (χ1v) is 6.62. The lowest BCUT2D eigenvalue weighted by atomic mass is 10.2. The molecule has 2 rings (SSSR count). The van der Waals surface area contributed by atoms with Gasteiger partial charge in [0.25, 0.3) is 0 Å². The molecule has 0 aliphatic heterocycles. The lowest BCUT2D eigenvalue weighted by molar-refractivity contribution is 0.854. The van der Waals surface area contributed by atoms with E-state index in [-0.39, 0.29) is 0 Å². The minimum Gasteiger partial charge on any atom is -0.357 e. The number of nitrogens with zero attached hydrogens (tertiary/aromatic N) is 2. The molecule has 0 N–H and O–H groups in total. The molecule has 19 heavy (non-hydrogen) atoms. The maximum atomic E-state index is 2.26. The van der Waals surface area contributed by atoms with E-state index < -0.39 is 0 Å². The van der Waals surface area contributed by atoms with Gasteiger partial charge in [0.1, 0.15) is 0 Å². The smallest absolute Gasteiger partial charge is 0.0896 e. The van der Waals surface area contributed by atoms with Crippen LogP contribution in [0.4, 0.5) is 11.4 Å². The third kappa shape index (κ3) is 3.50. The molecule has 2 aromatic rings. The fourth-order valence-electron chi connectivity index (χ4n) is 2.21. The largest absolute Gasteiger partial charge is 0.357 e. The van der Waals surface area contributed by atoms with Gasteiger partial charge in [-0.1, -0.05) is 24.3 Å². The van der Waals surface area contributed by atoms with Gasteiger partial charge in [-0.3, -0.25) is 0 Å². The van der Waals surface area contributed by atoms with Crippen LogP contribution in [0, 0.1) is 13.8 Å². The van der Waals surface area contributed by atoms with E-state index >= 15 is 0 Å². The van der Waals surface area contributed by atoms with Crippen LogP contribution < -0.4 is 9.80 Å². The van der Waals surface area contributed by atoms with Crippen LogP contribution in [0.3, 0.4) is 0 Å². The van der Waals surface area contributed by atoms with E-state index in [4.69, 9.17) is 0 Å². The molecule has 2 heteroatoms. The topological polar surface area (TPSA) is 6.48 Å². The summed E-state index contributed by atoms with van der Waals surface area (Å²) in [5.41, 5.74) is 5.09. The first-order valence-electron chi connectivity index (χ1n) is 6.62. The van der Waals surface area contributed by atoms with E-state index in [1.807, 2.05) is 0 Å². The molecule has 0 unspecified atom stereocenters. The van der Waals surface area contributed by atoms with Gasteiger partial charge in [0, 0.05) is 25.5 Å². The molecule has 0 aliphatic carbocycles. The van der Waals surface area contributed by atoms with Crippen molar-refractivity contribution in [3.8, 4) is 0 Å². The van der Waals surface area contributed by atoms with Crippen molar-refractivity contribution in [2.75, 3.05) is 30.6 Å². The second kappa shape index (κ2) is 5.79. The maximum absolute atomic E-state index is 2.26. The van der Waals surface area contributed by atoms with Crippen LogP contribution in [0.1, 0.15) is 11.1 Å². The van der Waals surface area contributed by atoms with E-state index in [9.17, 15) is 0 Å². The molecule has 0 spiro atoms. The fourth-order valence-corrected chi connectivity index (χ4v) is 2.21. The van der Waals surface area contributed by atoms with Crippen molar-refractivity contribution < 1.29 is 0 Å². The predicted molar refractivity (Wildman–Crippen MR) is 84.0 cm³/mol. The molecule has 0 amide bonds. The molecule has 0 aromatic heterocycles. The van der Waals surface area contributed by atoms with Crippen LogP contribution in [0.5, 0.6) is 0 Å². The summed E-state index contributed by atoms with van der Waals surface area (Å²) in [7, 11) is 4.25. The monoisotopic (exact) mass is 254 g/mol. The molecule has 2 aromatic carbocycles. The van der Waals surface area contributed by atoms with Gasteiger partial charge in [0.15, 0.2) is 0 Å². The molecule has 2 nitrogen and oxygen atoms in total. The first kappa shape index (κ1) is 13.5. The Bertz CT molecular complexity index is 499. The van der Waals surface area contributed by atoms with Crippen molar-refractivity contribution in [3.05, 3.63) is 59.7 Å². The Hall–Kier alpha value is -1.96. The quantitative estimate of drug-likeness (QED) is 0.765. The highest BCUT2D eigenvalue weighted by Gasteiger charge is 2.06. The number of aryl methyl sites for hydroxylation is 2. The molecule has 0 fully saturated rings. The SMILES string of the molecule is Cc1cccc(N(C)CN(C)c2cccc(C)c2)c1. The van der Waals surface area contributed by atoms with Gasteiger partial charge in [0.2, 0.25) is 0 Å². The summed E-state index contributed by atoms with van der Waals surface area (Å²) >= 11 is 0. The standard InChI is InChI=1S/C17H22N2/c1-14-7-5-9-16(11-14)18(3)13-19(4)17-10-6-8-15(2)12-17/h5-12H,13H2,1-4H3. The molecule has 0 bridgehead atoms. The van der Waals surface area contributed by atoms with Crippen LogP contribution in [0.25, 0.3) is 0 Å². The normalized spacial score (nSPS) is 10.3. The summed E-state index contributed by atoms with van der Waals surface area (Å²) in [5, 5.41) is 0. The molecule has 0 heterocycles. The Morgan fingerprint density at radius 1 is 0.737 bits per heavy atom. The number of rotatable bonds is 4.